The minimum atomic E-state index is -0.642. The summed E-state index contributed by atoms with van der Waals surface area (Å²) in [4.78, 5) is 0. The van der Waals surface area contributed by atoms with Crippen molar-refractivity contribution in [2.75, 3.05) is 31.8 Å². The molecular weight excluding hydrogens is 148 g/mol. The molecule has 0 radical (unpaired) electrons. The lowest BCUT2D eigenvalue weighted by molar-refractivity contribution is -0.0717. The Balaban J connectivity index is 2.19. The first-order valence-corrected chi connectivity index (χ1v) is 5.04. The van der Waals surface area contributed by atoms with E-state index in [0.717, 1.165) is 18.8 Å². The van der Waals surface area contributed by atoms with Gasteiger partial charge in [-0.2, -0.15) is 0 Å². The maximum Gasteiger partial charge on any atom is 0.0889 e. The molecule has 0 saturated carbocycles. The van der Waals surface area contributed by atoms with E-state index in [4.69, 9.17) is 0 Å². The lowest BCUT2D eigenvalue weighted by Gasteiger charge is -2.40. The van der Waals surface area contributed by atoms with Gasteiger partial charge in [0.15, 0.2) is 0 Å². The van der Waals surface area contributed by atoms with E-state index in [0.29, 0.717) is 5.88 Å². The summed E-state index contributed by atoms with van der Waals surface area (Å²) in [5.41, 5.74) is 0. The Bertz CT molecular complexity index is 140. The molecule has 1 fully saturated rings. The molecule has 0 amide bonds. The summed E-state index contributed by atoms with van der Waals surface area (Å²) in [5, 5.41) is 4.22. The van der Waals surface area contributed by atoms with Gasteiger partial charge in [0, 0.05) is 36.7 Å². The van der Waals surface area contributed by atoms with Gasteiger partial charge in [0.25, 0.3) is 0 Å². The van der Waals surface area contributed by atoms with Crippen molar-refractivity contribution in [3.05, 3.63) is 0 Å². The van der Waals surface area contributed by atoms with Crippen molar-refractivity contribution in [2.24, 2.45) is 0 Å². The van der Waals surface area contributed by atoms with E-state index in [9.17, 15) is 4.21 Å². The summed E-state index contributed by atoms with van der Waals surface area (Å²) < 4.78 is 11.0. The largest absolute Gasteiger partial charge is 0.258 e. The molecule has 1 saturated heterocycles. The van der Waals surface area contributed by atoms with Gasteiger partial charge in [-0.3, -0.25) is 4.21 Å². The van der Waals surface area contributed by atoms with Crippen LogP contribution in [0.1, 0.15) is 6.92 Å². The van der Waals surface area contributed by atoms with E-state index >= 15 is 0 Å². The van der Waals surface area contributed by atoms with Gasteiger partial charge in [0.1, 0.15) is 0 Å². The zero-order chi connectivity index (χ0) is 7.56. The first-order valence-electron chi connectivity index (χ1n) is 3.55. The lowest BCUT2D eigenvalue weighted by Crippen LogP contribution is -2.55. The Morgan fingerprint density at radius 1 is 1.50 bits per heavy atom. The van der Waals surface area contributed by atoms with Crippen LogP contribution in [0, 0.1) is 0 Å². The molecule has 0 spiro atoms. The number of hydrazine groups is 1. The van der Waals surface area contributed by atoms with Crippen LogP contribution in [0.2, 0.25) is 0 Å². The van der Waals surface area contributed by atoms with Crippen LogP contribution in [0.3, 0.4) is 0 Å². The third-order valence-corrected chi connectivity index (χ3v) is 3.01. The summed E-state index contributed by atoms with van der Waals surface area (Å²) in [6, 6.07) is 0. The van der Waals surface area contributed by atoms with Crippen molar-refractivity contribution in [3.63, 3.8) is 0 Å². The van der Waals surface area contributed by atoms with Crippen LogP contribution in [0.4, 0.5) is 0 Å². The Labute approximate surface area is 64.4 Å². The summed E-state index contributed by atoms with van der Waals surface area (Å²) in [6.07, 6.45) is 0. The highest BCUT2D eigenvalue weighted by molar-refractivity contribution is 7.84. The molecule has 10 heavy (non-hydrogen) atoms. The molecule has 1 heterocycles. The molecular formula is C6H14N2OS. The summed E-state index contributed by atoms with van der Waals surface area (Å²) >= 11 is 0. The fourth-order valence-corrected chi connectivity index (χ4v) is 1.70. The molecule has 1 atom stereocenters. The smallest absolute Gasteiger partial charge is 0.0889 e. The molecule has 60 valence electrons. The lowest BCUT2D eigenvalue weighted by atomic mass is 10.5. The van der Waals surface area contributed by atoms with Gasteiger partial charge in [-0.25, -0.2) is 10.0 Å². The highest BCUT2D eigenvalue weighted by Gasteiger charge is 2.21. The summed E-state index contributed by atoms with van der Waals surface area (Å²) in [6.45, 7) is 4.14. The molecule has 0 aliphatic carbocycles. The van der Waals surface area contributed by atoms with Crippen molar-refractivity contribution >= 4 is 10.8 Å². The third kappa shape index (κ3) is 1.78. The van der Waals surface area contributed by atoms with E-state index in [2.05, 4.69) is 10.0 Å². The average molecular weight is 162 g/mol. The van der Waals surface area contributed by atoms with E-state index in [-0.39, 0.29) is 0 Å². The molecule has 0 bridgehead atoms. The van der Waals surface area contributed by atoms with Crippen LogP contribution in [0.25, 0.3) is 0 Å². The van der Waals surface area contributed by atoms with Gasteiger partial charge in [-0.1, -0.05) is 6.92 Å². The zero-order valence-corrected chi connectivity index (χ0v) is 7.36. The van der Waals surface area contributed by atoms with Crippen LogP contribution in [-0.2, 0) is 10.8 Å². The maximum absolute atomic E-state index is 11.0. The summed E-state index contributed by atoms with van der Waals surface area (Å²) in [7, 11) is 1.38. The van der Waals surface area contributed by atoms with Crippen LogP contribution >= 0.6 is 0 Å². The van der Waals surface area contributed by atoms with Crippen molar-refractivity contribution in [3.8, 4) is 0 Å². The van der Waals surface area contributed by atoms with Gasteiger partial charge in [0.05, 0.1) is 5.88 Å². The van der Waals surface area contributed by atoms with Gasteiger partial charge in [-0.15, -0.1) is 0 Å². The van der Waals surface area contributed by atoms with E-state index in [1.807, 2.05) is 14.0 Å². The Kier molecular flexibility index (Phi) is 2.82. The molecule has 0 aromatic rings. The predicted molar refractivity (Wildman–Crippen MR) is 42.9 cm³/mol. The standard InChI is InChI=1S/C6H14N2OS/c1-3-10(9)6-8-5-4-7(8)2/h3-6H2,1-2H3. The average Bonchev–Trinajstić information content (AvgIpc) is 1.96. The second kappa shape index (κ2) is 3.46. The fraction of sp³-hybridized carbons (Fsp3) is 1.00. The van der Waals surface area contributed by atoms with Crippen molar-refractivity contribution < 1.29 is 4.21 Å². The number of rotatable bonds is 3. The van der Waals surface area contributed by atoms with Crippen molar-refractivity contribution in [2.45, 2.75) is 6.92 Å². The first-order chi connectivity index (χ1) is 4.74. The molecule has 1 aliphatic heterocycles. The topological polar surface area (TPSA) is 23.6 Å². The summed E-state index contributed by atoms with van der Waals surface area (Å²) in [5.74, 6) is 1.48. The minimum Gasteiger partial charge on any atom is -0.258 e. The number of nitrogens with zero attached hydrogens (tertiary/aromatic N) is 2. The Hall–Kier alpha value is 0.0700. The highest BCUT2D eigenvalue weighted by Crippen LogP contribution is 2.05. The van der Waals surface area contributed by atoms with Crippen LogP contribution < -0.4 is 0 Å². The second-order valence-electron chi connectivity index (χ2n) is 2.47. The van der Waals surface area contributed by atoms with Crippen molar-refractivity contribution in [1.82, 2.24) is 10.0 Å². The Morgan fingerprint density at radius 3 is 2.50 bits per heavy atom. The van der Waals surface area contributed by atoms with Crippen molar-refractivity contribution in [1.29, 1.82) is 0 Å². The molecule has 3 nitrogen and oxygen atoms in total. The van der Waals surface area contributed by atoms with Crippen LogP contribution in [0.15, 0.2) is 0 Å². The van der Waals surface area contributed by atoms with Crippen LogP contribution in [0.5, 0.6) is 0 Å². The number of hydrogen-bond donors (Lipinski definition) is 0. The number of hydrogen-bond acceptors (Lipinski definition) is 3. The molecule has 0 N–H and O–H groups in total. The minimum absolute atomic E-state index is 0.642. The second-order valence-corrected chi connectivity index (χ2v) is 4.18. The molecule has 1 aliphatic rings. The predicted octanol–water partition coefficient (Wildman–Crippen LogP) is -0.125. The van der Waals surface area contributed by atoms with Crippen LogP contribution in [-0.4, -0.2) is 46.0 Å². The maximum atomic E-state index is 11.0. The molecule has 4 heteroatoms. The quantitative estimate of drug-likeness (QED) is 0.578. The van der Waals surface area contributed by atoms with Gasteiger partial charge >= 0.3 is 0 Å². The SMILES string of the molecule is CCS(=O)CN1CCN1C. The fourth-order valence-electron chi connectivity index (χ4n) is 0.862. The first kappa shape index (κ1) is 8.17. The van der Waals surface area contributed by atoms with E-state index in [1.165, 1.54) is 0 Å². The Morgan fingerprint density at radius 2 is 2.20 bits per heavy atom. The highest BCUT2D eigenvalue weighted by atomic mass is 32.2. The van der Waals surface area contributed by atoms with E-state index in [1.54, 1.807) is 0 Å². The molecule has 1 rings (SSSR count). The normalized spacial score (nSPS) is 24.2. The monoisotopic (exact) mass is 162 g/mol. The van der Waals surface area contributed by atoms with Gasteiger partial charge in [0.2, 0.25) is 0 Å². The zero-order valence-electron chi connectivity index (χ0n) is 6.54. The number of likely N-dealkylation sites (N-methyl/N-ethyl adjacent to an activating group) is 1. The third-order valence-electron chi connectivity index (χ3n) is 1.78. The van der Waals surface area contributed by atoms with Gasteiger partial charge in [-0.05, 0) is 0 Å². The molecule has 0 aromatic carbocycles. The molecule has 0 aromatic heterocycles. The molecule has 1 unspecified atom stereocenters. The van der Waals surface area contributed by atoms with Gasteiger partial charge < -0.3 is 0 Å². The van der Waals surface area contributed by atoms with E-state index < -0.39 is 10.8 Å².